The molecule has 5 fully saturated rings. The molecule has 340 valence electrons. The fourth-order valence-corrected chi connectivity index (χ4v) is 11.2. The smallest absolute Gasteiger partial charge is 0.333 e. The number of anilines is 1. The molecule has 6 bridgehead atoms. The van der Waals surface area contributed by atoms with Gasteiger partial charge in [0.25, 0.3) is 0 Å². The summed E-state index contributed by atoms with van der Waals surface area (Å²) in [5, 5.41) is 8.40. The number of rotatable bonds is 11. The predicted octanol–water partition coefficient (Wildman–Crippen LogP) is 6.55. The summed E-state index contributed by atoms with van der Waals surface area (Å²) in [4.78, 5) is 64.8. The molecule has 15 heteroatoms. The highest BCUT2D eigenvalue weighted by Gasteiger charge is 2.84. The van der Waals surface area contributed by atoms with Crippen molar-refractivity contribution in [3.05, 3.63) is 69.6 Å². The van der Waals surface area contributed by atoms with E-state index in [2.05, 4.69) is 41.2 Å². The van der Waals surface area contributed by atoms with Gasteiger partial charge in [-0.1, -0.05) is 29.4 Å². The van der Waals surface area contributed by atoms with E-state index in [0.29, 0.717) is 90.8 Å². The van der Waals surface area contributed by atoms with Crippen LogP contribution in [-0.2, 0) is 35.1 Å². The van der Waals surface area contributed by atoms with Crippen LogP contribution in [0.15, 0.2) is 52.9 Å². The minimum Gasteiger partial charge on any atom is -0.482 e. The number of fused-ring (bicyclic) bond motifs is 5. The summed E-state index contributed by atoms with van der Waals surface area (Å²) in [6.07, 6.45) is 13.4. The number of allylic oxidation sites excluding steroid dienone is 4. The molecule has 1 aromatic carbocycles. The van der Waals surface area contributed by atoms with Gasteiger partial charge in [0, 0.05) is 61.1 Å². The van der Waals surface area contributed by atoms with Gasteiger partial charge in [0.2, 0.25) is 11.9 Å². The fourth-order valence-electron chi connectivity index (χ4n) is 11.2. The molecule has 64 heavy (non-hydrogen) atoms. The number of nitrogens with one attached hydrogen (secondary N) is 1. The summed E-state index contributed by atoms with van der Waals surface area (Å²) >= 11 is 0. The Morgan fingerprint density at radius 2 is 1.72 bits per heavy atom. The first kappa shape index (κ1) is 43.7. The van der Waals surface area contributed by atoms with E-state index in [4.69, 9.17) is 28.8 Å². The number of carbonyl (C=O) groups excluding carboxylic acids is 4. The third kappa shape index (κ3) is 6.74. The van der Waals surface area contributed by atoms with Gasteiger partial charge in [0.05, 0.1) is 35.6 Å². The standard InChI is InChI=1S/C49H60N6O9/c1-27(2)12-11-17-47(8)18-16-31-40(62-47)30(14-13-28(3)4)42-36(41(31)61-35(57)25-34(56)54-22-20-53(9)21-23-54)38-37-39(55-26-50-45(51-38)52-55)32-24-33-46(6,7)64-48(43(32)58,49(33,37)63-42)19-15-29(5)44(59)60-10/h12-13,15-16,18,26,32-33,39H,11,14,17,19-25H2,1-10H3,(H,51,52)/b29-15-. The highest BCUT2D eigenvalue weighted by Crippen LogP contribution is 2.73. The van der Waals surface area contributed by atoms with E-state index in [1.807, 2.05) is 53.8 Å². The van der Waals surface area contributed by atoms with Crippen molar-refractivity contribution in [2.75, 3.05) is 45.7 Å². The van der Waals surface area contributed by atoms with Crippen LogP contribution in [0.4, 0.5) is 5.95 Å². The Morgan fingerprint density at radius 1 is 0.984 bits per heavy atom. The number of likely N-dealkylation sites (N-methyl/N-ethyl adjacent to an activating group) is 1. The number of nitrogens with zero attached hydrogens (tertiary/aromatic N) is 5. The van der Waals surface area contributed by atoms with E-state index in [1.54, 1.807) is 28.9 Å². The van der Waals surface area contributed by atoms with Crippen LogP contribution in [0.1, 0.15) is 110 Å². The number of piperazine rings is 1. The molecule has 1 N–H and O–H groups in total. The van der Waals surface area contributed by atoms with Crippen LogP contribution in [0.3, 0.4) is 0 Å². The van der Waals surface area contributed by atoms with Gasteiger partial charge < -0.3 is 38.8 Å². The topological polar surface area (TPSA) is 164 Å². The number of hydrogen-bond donors (Lipinski definition) is 1. The molecule has 8 aliphatic rings. The van der Waals surface area contributed by atoms with Gasteiger partial charge in [-0.2, -0.15) is 0 Å². The Bertz CT molecular complexity index is 2510. The van der Waals surface area contributed by atoms with Crippen molar-refractivity contribution in [1.29, 1.82) is 0 Å². The molecule has 1 aromatic heterocycles. The van der Waals surface area contributed by atoms with Crippen LogP contribution < -0.4 is 19.5 Å². The zero-order valence-electron chi connectivity index (χ0n) is 38.7. The summed E-state index contributed by atoms with van der Waals surface area (Å²) in [6, 6.07) is -0.635. The van der Waals surface area contributed by atoms with E-state index in [0.717, 1.165) is 17.6 Å². The zero-order valence-corrected chi connectivity index (χ0v) is 38.7. The second-order valence-corrected chi connectivity index (χ2v) is 19.8. The molecule has 2 saturated heterocycles. The van der Waals surface area contributed by atoms with Crippen LogP contribution in [-0.4, -0.2) is 111 Å². The van der Waals surface area contributed by atoms with Crippen molar-refractivity contribution in [2.45, 2.75) is 122 Å². The fraction of sp³-hybridized carbons (Fsp3) is 0.551. The minimum absolute atomic E-state index is 0.0238. The molecular weight excluding hydrogens is 817 g/mol. The quantitative estimate of drug-likeness (QED) is 0.0851. The summed E-state index contributed by atoms with van der Waals surface area (Å²) in [5.41, 5.74) is 0.861. The van der Waals surface area contributed by atoms with Crippen molar-refractivity contribution in [2.24, 2.45) is 11.8 Å². The number of esters is 2. The van der Waals surface area contributed by atoms with Gasteiger partial charge in [0.15, 0.2) is 22.7 Å². The molecule has 10 rings (SSSR count). The number of ketones is 1. The highest BCUT2D eigenvalue weighted by atomic mass is 16.6. The lowest BCUT2D eigenvalue weighted by Gasteiger charge is -2.60. The Hall–Kier alpha value is -5.54. The predicted molar refractivity (Wildman–Crippen MR) is 238 cm³/mol. The number of hydrogen-bond acceptors (Lipinski definition) is 13. The number of carbonyl (C=O) groups is 4. The molecule has 3 aliphatic carbocycles. The molecule has 1 spiro atoms. The van der Waals surface area contributed by atoms with Gasteiger partial charge in [-0.3, -0.25) is 14.4 Å². The largest absolute Gasteiger partial charge is 0.482 e. The van der Waals surface area contributed by atoms with Crippen molar-refractivity contribution < 1.29 is 42.9 Å². The monoisotopic (exact) mass is 876 g/mol. The molecule has 6 heterocycles. The number of Topliss-reactive ketones (excluding diaryl/α,β-unsaturated/α-hetero) is 1. The highest BCUT2D eigenvalue weighted by molar-refractivity contribution is 6.03. The van der Waals surface area contributed by atoms with Crippen LogP contribution >= 0.6 is 0 Å². The molecule has 6 unspecified atom stereocenters. The van der Waals surface area contributed by atoms with E-state index in [9.17, 15) is 14.4 Å². The van der Waals surface area contributed by atoms with E-state index < -0.39 is 52.7 Å². The Kier molecular flexibility index (Phi) is 10.6. The maximum Gasteiger partial charge on any atom is 0.333 e. The van der Waals surface area contributed by atoms with Gasteiger partial charge in [0.1, 0.15) is 29.8 Å². The SMILES string of the molecule is COC(=O)/C(C)=C\CC12OC(C)(C)C3CC(C1=O)C1C4=C(Nc5ncn1n5)c1c(OC(=O)CC(=O)N5CCN(C)CC5)c5c(c(CC=C(C)C)c1OC432)OC(C)(CCC=C(C)C)C=C5. The summed E-state index contributed by atoms with van der Waals surface area (Å²) in [5.74, 6) is -1.36. The van der Waals surface area contributed by atoms with Gasteiger partial charge >= 0.3 is 11.9 Å². The van der Waals surface area contributed by atoms with Crippen LogP contribution in [0.2, 0.25) is 0 Å². The normalized spacial score (nSPS) is 29.0. The zero-order chi connectivity index (χ0) is 45.7. The van der Waals surface area contributed by atoms with Gasteiger partial charge in [-0.05, 0) is 100 Å². The van der Waals surface area contributed by atoms with Crippen molar-refractivity contribution in [1.82, 2.24) is 24.6 Å². The van der Waals surface area contributed by atoms with Gasteiger partial charge in [-0.15, -0.1) is 5.10 Å². The third-order valence-corrected chi connectivity index (χ3v) is 14.4. The number of benzene rings is 1. The molecule has 5 aliphatic heterocycles. The summed E-state index contributed by atoms with van der Waals surface area (Å²) in [6.45, 7) is 18.3. The molecule has 6 atom stereocenters. The lowest BCUT2D eigenvalue weighted by atomic mass is 9.47. The van der Waals surface area contributed by atoms with E-state index >= 15 is 4.79 Å². The van der Waals surface area contributed by atoms with Crippen LogP contribution in [0.25, 0.3) is 11.8 Å². The molecular formula is C49H60N6O9. The number of aromatic nitrogens is 3. The number of methoxy groups -OCH3 is 1. The summed E-state index contributed by atoms with van der Waals surface area (Å²) in [7, 11) is 3.33. The first-order chi connectivity index (χ1) is 30.3. The molecule has 0 radical (unpaired) electrons. The number of ether oxygens (including phenoxy) is 5. The Morgan fingerprint density at radius 3 is 2.42 bits per heavy atom. The first-order valence-corrected chi connectivity index (χ1v) is 22.5. The average Bonchev–Trinajstić information content (AvgIpc) is 3.69. The van der Waals surface area contributed by atoms with Crippen molar-refractivity contribution >= 4 is 41.4 Å². The second-order valence-electron chi connectivity index (χ2n) is 19.8. The van der Waals surface area contributed by atoms with Crippen molar-refractivity contribution in [3.63, 3.8) is 0 Å². The lowest BCUT2D eigenvalue weighted by molar-refractivity contribution is -0.181. The Labute approximate surface area is 374 Å². The van der Waals surface area contributed by atoms with E-state index in [-0.39, 0.29) is 29.8 Å². The maximum absolute atomic E-state index is 15.5. The number of amides is 1. The minimum atomic E-state index is -1.60. The Balaban J connectivity index is 1.30. The first-order valence-electron chi connectivity index (χ1n) is 22.5. The van der Waals surface area contributed by atoms with Gasteiger partial charge in [-0.25, -0.2) is 14.5 Å². The molecule has 3 saturated carbocycles. The molecule has 2 aromatic rings. The maximum atomic E-state index is 15.5. The molecule has 1 amide bonds. The van der Waals surface area contributed by atoms with Crippen molar-refractivity contribution in [3.8, 4) is 17.2 Å². The average molecular weight is 877 g/mol. The summed E-state index contributed by atoms with van der Waals surface area (Å²) < 4.78 is 35.5. The van der Waals surface area contributed by atoms with Crippen LogP contribution in [0.5, 0.6) is 17.2 Å². The van der Waals surface area contributed by atoms with E-state index in [1.165, 1.54) is 12.7 Å². The third-order valence-electron chi connectivity index (χ3n) is 14.4. The lowest BCUT2D eigenvalue weighted by Crippen LogP contribution is -2.74. The second kappa shape index (κ2) is 15.6. The van der Waals surface area contributed by atoms with Crippen LogP contribution in [0, 0.1) is 11.8 Å². The molecule has 15 nitrogen and oxygen atoms in total.